The molecule has 1 atom stereocenters. The van der Waals surface area contributed by atoms with Crippen molar-refractivity contribution in [3.05, 3.63) is 29.3 Å². The summed E-state index contributed by atoms with van der Waals surface area (Å²) in [5, 5.41) is 12.1. The van der Waals surface area contributed by atoms with Crippen molar-refractivity contribution in [2.24, 2.45) is 0 Å². The zero-order valence-electron chi connectivity index (χ0n) is 12.9. The molecule has 1 amide bonds. The zero-order chi connectivity index (χ0) is 15.6. The first-order valence-electron chi connectivity index (χ1n) is 6.64. The van der Waals surface area contributed by atoms with E-state index in [1.807, 2.05) is 32.0 Å². The molecule has 0 saturated heterocycles. The second-order valence-electron chi connectivity index (χ2n) is 5.13. The lowest BCUT2D eigenvalue weighted by molar-refractivity contribution is -0.127. The van der Waals surface area contributed by atoms with Crippen LogP contribution in [0, 0.1) is 13.8 Å². The van der Waals surface area contributed by atoms with Gasteiger partial charge in [0.25, 0.3) is 0 Å². The Balaban J connectivity index is 2.26. The number of nitrogens with zero attached hydrogens (tertiary/aromatic N) is 5. The molecule has 0 aliphatic rings. The van der Waals surface area contributed by atoms with Gasteiger partial charge in [0, 0.05) is 14.1 Å². The third kappa shape index (κ3) is 3.41. The maximum Gasteiger partial charge on any atom is 0.235 e. The van der Waals surface area contributed by atoms with Crippen LogP contribution in [0.5, 0.6) is 0 Å². The van der Waals surface area contributed by atoms with Crippen LogP contribution >= 0.6 is 11.8 Å². The van der Waals surface area contributed by atoms with Gasteiger partial charge in [0.1, 0.15) is 0 Å². The molecule has 0 N–H and O–H groups in total. The first-order chi connectivity index (χ1) is 9.90. The third-order valence-electron chi connectivity index (χ3n) is 3.25. The quantitative estimate of drug-likeness (QED) is 0.807. The molecule has 0 fully saturated rings. The van der Waals surface area contributed by atoms with Crippen molar-refractivity contribution in [2.75, 3.05) is 14.1 Å². The molecule has 112 valence electrons. The Labute approximate surface area is 128 Å². The van der Waals surface area contributed by atoms with E-state index in [1.165, 1.54) is 22.9 Å². The largest absolute Gasteiger partial charge is 0.348 e. The molecule has 0 spiro atoms. The number of aryl methyl sites for hydroxylation is 2. The lowest BCUT2D eigenvalue weighted by atomic mass is 10.1. The van der Waals surface area contributed by atoms with E-state index in [9.17, 15) is 4.79 Å². The number of thioether (sulfide) groups is 1. The Morgan fingerprint density at radius 2 is 2.00 bits per heavy atom. The maximum absolute atomic E-state index is 11.9. The van der Waals surface area contributed by atoms with Gasteiger partial charge in [-0.05, 0) is 54.5 Å². The van der Waals surface area contributed by atoms with Crippen molar-refractivity contribution in [2.45, 2.75) is 31.2 Å². The number of aromatic nitrogens is 4. The Morgan fingerprint density at radius 1 is 1.29 bits per heavy atom. The van der Waals surface area contributed by atoms with Crippen molar-refractivity contribution < 1.29 is 4.79 Å². The zero-order valence-corrected chi connectivity index (χ0v) is 13.7. The number of tetrazole rings is 1. The summed E-state index contributed by atoms with van der Waals surface area (Å²) >= 11 is 1.35. The summed E-state index contributed by atoms with van der Waals surface area (Å²) in [7, 11) is 3.48. The minimum Gasteiger partial charge on any atom is -0.348 e. The van der Waals surface area contributed by atoms with Gasteiger partial charge in [-0.2, -0.15) is 4.68 Å². The van der Waals surface area contributed by atoms with Crippen LogP contribution in [-0.2, 0) is 4.79 Å². The highest BCUT2D eigenvalue weighted by molar-refractivity contribution is 8.00. The second-order valence-corrected chi connectivity index (χ2v) is 6.44. The van der Waals surface area contributed by atoms with Crippen LogP contribution in [-0.4, -0.2) is 50.4 Å². The van der Waals surface area contributed by atoms with Crippen molar-refractivity contribution in [3.63, 3.8) is 0 Å². The number of hydrogen-bond acceptors (Lipinski definition) is 5. The van der Waals surface area contributed by atoms with Crippen LogP contribution in [0.1, 0.15) is 18.1 Å². The SMILES string of the molecule is Cc1ccc(-n2nnnc2SC(C)C(=O)N(C)C)cc1C. The number of rotatable bonds is 4. The summed E-state index contributed by atoms with van der Waals surface area (Å²) in [5.74, 6) is 0.0367. The fourth-order valence-corrected chi connectivity index (χ4v) is 2.80. The Kier molecular flexibility index (Phi) is 4.62. The molecule has 0 bridgehead atoms. The smallest absolute Gasteiger partial charge is 0.235 e. The molecule has 1 aromatic heterocycles. The van der Waals surface area contributed by atoms with Crippen LogP contribution in [0.4, 0.5) is 0 Å². The van der Waals surface area contributed by atoms with Gasteiger partial charge in [0.15, 0.2) is 0 Å². The Hall–Kier alpha value is -1.89. The van der Waals surface area contributed by atoms with Gasteiger partial charge in [-0.3, -0.25) is 4.79 Å². The first-order valence-corrected chi connectivity index (χ1v) is 7.52. The maximum atomic E-state index is 11.9. The van der Waals surface area contributed by atoms with E-state index in [4.69, 9.17) is 0 Å². The molecule has 2 aromatic rings. The minimum atomic E-state index is -0.240. The first kappa shape index (κ1) is 15.5. The van der Waals surface area contributed by atoms with Gasteiger partial charge in [-0.1, -0.05) is 17.8 Å². The molecular weight excluding hydrogens is 286 g/mol. The average Bonchev–Trinajstić information content (AvgIpc) is 2.89. The fourth-order valence-electron chi connectivity index (χ4n) is 1.84. The number of carbonyl (C=O) groups excluding carboxylic acids is 1. The predicted octanol–water partition coefficient (Wildman–Crippen LogP) is 1.85. The van der Waals surface area contributed by atoms with Gasteiger partial charge in [0.2, 0.25) is 11.1 Å². The normalized spacial score (nSPS) is 12.2. The monoisotopic (exact) mass is 305 g/mol. The Bertz CT molecular complexity index is 653. The number of benzene rings is 1. The van der Waals surface area contributed by atoms with Crippen molar-refractivity contribution in [1.29, 1.82) is 0 Å². The molecule has 6 nitrogen and oxygen atoms in total. The van der Waals surface area contributed by atoms with E-state index in [1.54, 1.807) is 23.7 Å². The number of carbonyl (C=O) groups is 1. The summed E-state index contributed by atoms with van der Waals surface area (Å²) in [4.78, 5) is 13.5. The number of amides is 1. The molecule has 1 unspecified atom stereocenters. The van der Waals surface area contributed by atoms with Crippen molar-refractivity contribution >= 4 is 17.7 Å². The van der Waals surface area contributed by atoms with E-state index in [0.717, 1.165) is 5.69 Å². The lowest BCUT2D eigenvalue weighted by Gasteiger charge is -2.15. The lowest BCUT2D eigenvalue weighted by Crippen LogP contribution is -2.29. The predicted molar refractivity (Wildman–Crippen MR) is 82.6 cm³/mol. The molecule has 7 heteroatoms. The van der Waals surface area contributed by atoms with Crippen LogP contribution in [0.2, 0.25) is 0 Å². The van der Waals surface area contributed by atoms with Crippen LogP contribution in [0.15, 0.2) is 23.4 Å². The molecule has 0 radical (unpaired) electrons. The highest BCUT2D eigenvalue weighted by Crippen LogP contribution is 2.24. The van der Waals surface area contributed by atoms with Gasteiger partial charge in [-0.25, -0.2) is 0 Å². The second kappa shape index (κ2) is 6.26. The summed E-state index contributed by atoms with van der Waals surface area (Å²) in [6, 6.07) is 6.05. The average molecular weight is 305 g/mol. The van der Waals surface area contributed by atoms with E-state index in [-0.39, 0.29) is 11.2 Å². The topological polar surface area (TPSA) is 63.9 Å². The fraction of sp³-hybridized carbons (Fsp3) is 0.429. The highest BCUT2D eigenvalue weighted by Gasteiger charge is 2.20. The highest BCUT2D eigenvalue weighted by atomic mass is 32.2. The molecule has 1 aromatic carbocycles. The van der Waals surface area contributed by atoms with Gasteiger partial charge in [-0.15, -0.1) is 5.10 Å². The molecule has 2 rings (SSSR count). The van der Waals surface area contributed by atoms with Gasteiger partial charge in [0.05, 0.1) is 10.9 Å². The summed E-state index contributed by atoms with van der Waals surface area (Å²) in [6.45, 7) is 5.97. The molecule has 0 saturated carbocycles. The van der Waals surface area contributed by atoms with E-state index < -0.39 is 0 Å². The van der Waals surface area contributed by atoms with Gasteiger partial charge >= 0.3 is 0 Å². The van der Waals surface area contributed by atoms with Crippen LogP contribution < -0.4 is 0 Å². The van der Waals surface area contributed by atoms with E-state index in [2.05, 4.69) is 22.4 Å². The molecule has 21 heavy (non-hydrogen) atoms. The summed E-state index contributed by atoms with van der Waals surface area (Å²) < 4.78 is 1.66. The van der Waals surface area contributed by atoms with Crippen LogP contribution in [0.25, 0.3) is 5.69 Å². The van der Waals surface area contributed by atoms with Crippen LogP contribution in [0.3, 0.4) is 0 Å². The standard InChI is InChI=1S/C14H19N5OS/c1-9-6-7-12(8-10(9)2)19-14(15-16-17-19)21-11(3)13(20)18(4)5/h6-8,11H,1-5H3. The molecule has 0 aliphatic heterocycles. The molecule has 1 heterocycles. The third-order valence-corrected chi connectivity index (χ3v) is 4.27. The van der Waals surface area contributed by atoms with Gasteiger partial charge < -0.3 is 4.90 Å². The summed E-state index contributed by atoms with van der Waals surface area (Å²) in [5.41, 5.74) is 3.30. The molecular formula is C14H19N5OS. The molecule has 0 aliphatic carbocycles. The Morgan fingerprint density at radius 3 is 2.62 bits per heavy atom. The van der Waals surface area contributed by atoms with Crippen molar-refractivity contribution in [1.82, 2.24) is 25.1 Å². The van der Waals surface area contributed by atoms with E-state index in [0.29, 0.717) is 5.16 Å². The van der Waals surface area contributed by atoms with Crippen molar-refractivity contribution in [3.8, 4) is 5.69 Å². The number of hydrogen-bond donors (Lipinski definition) is 0. The minimum absolute atomic E-state index is 0.0367. The summed E-state index contributed by atoms with van der Waals surface area (Å²) in [6.07, 6.45) is 0. The van der Waals surface area contributed by atoms with E-state index >= 15 is 0 Å².